The normalized spacial score (nSPS) is 11.4. The number of aliphatic imine (C=N–C) groups is 1. The summed E-state index contributed by atoms with van der Waals surface area (Å²) < 4.78 is 1.32. The standard InChI is InChI=1S/C25H22N2O3/c1-16-10-11-20(12-17(16)2)27-24(29)22-9-4-3-8-21(22)23(25(27)30)14-26-19-7-5-6-18(13-19)15-28/h3-14,28,30H,15H2,1-2H3. The molecular weight excluding hydrogens is 376 g/mol. The molecule has 0 saturated heterocycles. The minimum absolute atomic E-state index is 0.0742. The van der Waals surface area contributed by atoms with Gasteiger partial charge in [-0.15, -0.1) is 0 Å². The van der Waals surface area contributed by atoms with Crippen LogP contribution >= 0.6 is 0 Å². The van der Waals surface area contributed by atoms with Gasteiger partial charge < -0.3 is 10.2 Å². The van der Waals surface area contributed by atoms with Crippen molar-refractivity contribution in [3.05, 3.63) is 99.3 Å². The first-order valence-corrected chi connectivity index (χ1v) is 9.68. The summed E-state index contributed by atoms with van der Waals surface area (Å²) >= 11 is 0. The molecule has 0 aliphatic heterocycles. The molecule has 0 unspecified atom stereocenters. The minimum atomic E-state index is -0.286. The van der Waals surface area contributed by atoms with Crippen molar-refractivity contribution in [1.29, 1.82) is 0 Å². The lowest BCUT2D eigenvalue weighted by atomic mass is 10.1. The monoisotopic (exact) mass is 398 g/mol. The average molecular weight is 398 g/mol. The number of aromatic nitrogens is 1. The van der Waals surface area contributed by atoms with Crippen molar-refractivity contribution < 1.29 is 10.2 Å². The number of aryl methyl sites for hydroxylation is 2. The predicted molar refractivity (Wildman–Crippen MR) is 120 cm³/mol. The number of hydrogen-bond donors (Lipinski definition) is 2. The zero-order chi connectivity index (χ0) is 21.3. The maximum atomic E-state index is 13.2. The van der Waals surface area contributed by atoms with Gasteiger partial charge in [-0.2, -0.15) is 0 Å². The third-order valence-corrected chi connectivity index (χ3v) is 5.29. The number of aromatic hydroxyl groups is 1. The van der Waals surface area contributed by atoms with Gasteiger partial charge >= 0.3 is 0 Å². The summed E-state index contributed by atoms with van der Waals surface area (Å²) in [5.41, 5.74) is 4.31. The molecule has 150 valence electrons. The first kappa shape index (κ1) is 19.6. The molecule has 0 radical (unpaired) electrons. The molecule has 5 heteroatoms. The number of aliphatic hydroxyl groups is 1. The number of aliphatic hydroxyl groups excluding tert-OH is 1. The van der Waals surface area contributed by atoms with Crippen LogP contribution in [0.15, 0.2) is 76.5 Å². The van der Waals surface area contributed by atoms with Gasteiger partial charge in [0, 0.05) is 17.0 Å². The maximum absolute atomic E-state index is 13.2. The molecule has 0 atom stereocenters. The second-order valence-corrected chi connectivity index (χ2v) is 7.28. The fraction of sp³-hybridized carbons (Fsp3) is 0.120. The molecular formula is C25H22N2O3. The van der Waals surface area contributed by atoms with E-state index in [1.807, 2.05) is 56.3 Å². The van der Waals surface area contributed by atoms with Crippen molar-refractivity contribution in [2.45, 2.75) is 20.5 Å². The van der Waals surface area contributed by atoms with Crippen LogP contribution in [0.1, 0.15) is 22.3 Å². The molecule has 3 aromatic carbocycles. The molecule has 30 heavy (non-hydrogen) atoms. The van der Waals surface area contributed by atoms with Crippen LogP contribution in [-0.2, 0) is 6.61 Å². The highest BCUT2D eigenvalue weighted by molar-refractivity contribution is 6.02. The first-order chi connectivity index (χ1) is 14.5. The van der Waals surface area contributed by atoms with Crippen LogP contribution in [0.5, 0.6) is 5.88 Å². The van der Waals surface area contributed by atoms with Crippen LogP contribution in [0.4, 0.5) is 5.69 Å². The summed E-state index contributed by atoms with van der Waals surface area (Å²) in [6.07, 6.45) is 1.56. The Bertz CT molecular complexity index is 1340. The van der Waals surface area contributed by atoms with E-state index in [-0.39, 0.29) is 18.0 Å². The van der Waals surface area contributed by atoms with E-state index >= 15 is 0 Å². The van der Waals surface area contributed by atoms with Gasteiger partial charge in [0.2, 0.25) is 5.88 Å². The molecule has 1 heterocycles. The van der Waals surface area contributed by atoms with Gasteiger partial charge in [-0.1, -0.05) is 36.4 Å². The smallest absolute Gasteiger partial charge is 0.265 e. The van der Waals surface area contributed by atoms with Gasteiger partial charge in [0.15, 0.2) is 0 Å². The van der Waals surface area contributed by atoms with Crippen LogP contribution in [0.3, 0.4) is 0 Å². The Morgan fingerprint density at radius 1 is 0.933 bits per heavy atom. The Hall–Kier alpha value is -3.70. The van der Waals surface area contributed by atoms with E-state index in [1.54, 1.807) is 30.5 Å². The summed E-state index contributed by atoms with van der Waals surface area (Å²) in [5.74, 6) is -0.163. The zero-order valence-corrected chi connectivity index (χ0v) is 16.8. The molecule has 0 aliphatic carbocycles. The van der Waals surface area contributed by atoms with Gasteiger partial charge in [0.05, 0.1) is 23.5 Å². The number of pyridine rings is 1. The molecule has 0 aliphatic rings. The topological polar surface area (TPSA) is 74.8 Å². The van der Waals surface area contributed by atoms with Crippen molar-refractivity contribution in [3.63, 3.8) is 0 Å². The van der Waals surface area contributed by atoms with Gasteiger partial charge in [0.25, 0.3) is 5.56 Å². The largest absolute Gasteiger partial charge is 0.494 e. The Balaban J connectivity index is 1.95. The van der Waals surface area contributed by atoms with E-state index in [2.05, 4.69) is 4.99 Å². The second kappa shape index (κ2) is 7.97. The quantitative estimate of drug-likeness (QED) is 0.495. The lowest BCUT2D eigenvalue weighted by Crippen LogP contribution is -2.20. The van der Waals surface area contributed by atoms with E-state index in [0.29, 0.717) is 27.7 Å². The van der Waals surface area contributed by atoms with Crippen molar-refractivity contribution in [3.8, 4) is 11.6 Å². The average Bonchev–Trinajstić information content (AvgIpc) is 2.76. The van der Waals surface area contributed by atoms with Gasteiger partial charge in [-0.3, -0.25) is 9.79 Å². The van der Waals surface area contributed by atoms with Crippen molar-refractivity contribution >= 4 is 22.7 Å². The number of benzene rings is 3. The molecule has 0 fully saturated rings. The maximum Gasteiger partial charge on any atom is 0.265 e. The van der Waals surface area contributed by atoms with Crippen LogP contribution in [0, 0.1) is 13.8 Å². The van der Waals surface area contributed by atoms with Gasteiger partial charge in [0.1, 0.15) is 0 Å². The molecule has 0 bridgehead atoms. The summed E-state index contributed by atoms with van der Waals surface area (Å²) in [6.45, 7) is 3.90. The Labute approximate surface area is 174 Å². The summed E-state index contributed by atoms with van der Waals surface area (Å²) in [6, 6.07) is 20.0. The Kier molecular flexibility index (Phi) is 5.21. The molecule has 1 aromatic heterocycles. The van der Waals surface area contributed by atoms with Crippen molar-refractivity contribution in [1.82, 2.24) is 4.57 Å². The van der Waals surface area contributed by atoms with Crippen LogP contribution in [-0.4, -0.2) is 21.0 Å². The highest BCUT2D eigenvalue weighted by atomic mass is 16.3. The number of nitrogens with zero attached hydrogens (tertiary/aromatic N) is 2. The lowest BCUT2D eigenvalue weighted by molar-refractivity contribution is 0.282. The third-order valence-electron chi connectivity index (χ3n) is 5.29. The van der Waals surface area contributed by atoms with E-state index < -0.39 is 0 Å². The molecule has 0 amide bonds. The van der Waals surface area contributed by atoms with Crippen LogP contribution < -0.4 is 5.56 Å². The lowest BCUT2D eigenvalue weighted by Gasteiger charge is -2.14. The van der Waals surface area contributed by atoms with Gasteiger partial charge in [-0.05, 0) is 60.9 Å². The van der Waals surface area contributed by atoms with Crippen LogP contribution in [0.25, 0.3) is 16.5 Å². The highest BCUT2D eigenvalue weighted by Crippen LogP contribution is 2.27. The summed E-state index contributed by atoms with van der Waals surface area (Å²) in [4.78, 5) is 17.7. The fourth-order valence-electron chi connectivity index (χ4n) is 3.47. The second-order valence-electron chi connectivity index (χ2n) is 7.28. The van der Waals surface area contributed by atoms with Crippen molar-refractivity contribution in [2.24, 2.45) is 4.99 Å². The van der Waals surface area contributed by atoms with E-state index in [4.69, 9.17) is 0 Å². The molecule has 0 saturated carbocycles. The van der Waals surface area contributed by atoms with E-state index in [1.165, 1.54) is 4.57 Å². The number of fused-ring (bicyclic) bond motifs is 1. The van der Waals surface area contributed by atoms with Gasteiger partial charge in [-0.25, -0.2) is 4.57 Å². The molecule has 4 aromatic rings. The molecule has 5 nitrogen and oxygen atoms in total. The first-order valence-electron chi connectivity index (χ1n) is 9.68. The molecule has 0 spiro atoms. The highest BCUT2D eigenvalue weighted by Gasteiger charge is 2.16. The van der Waals surface area contributed by atoms with E-state index in [0.717, 1.165) is 16.7 Å². The van der Waals surface area contributed by atoms with E-state index in [9.17, 15) is 15.0 Å². The summed E-state index contributed by atoms with van der Waals surface area (Å²) in [7, 11) is 0. The Morgan fingerprint density at radius 2 is 1.70 bits per heavy atom. The Morgan fingerprint density at radius 3 is 2.43 bits per heavy atom. The predicted octanol–water partition coefficient (Wildman–Crippen LogP) is 4.56. The number of hydrogen-bond acceptors (Lipinski definition) is 4. The van der Waals surface area contributed by atoms with Crippen molar-refractivity contribution in [2.75, 3.05) is 0 Å². The molecule has 4 rings (SSSR count). The minimum Gasteiger partial charge on any atom is -0.494 e. The SMILES string of the molecule is Cc1ccc(-n2c(O)c(C=Nc3cccc(CO)c3)c3ccccc3c2=O)cc1C. The molecule has 2 N–H and O–H groups in total. The van der Waals surface area contributed by atoms with Crippen LogP contribution in [0.2, 0.25) is 0 Å². The third kappa shape index (κ3) is 3.51. The number of rotatable bonds is 4. The fourth-order valence-corrected chi connectivity index (χ4v) is 3.47. The summed E-state index contributed by atoms with van der Waals surface area (Å²) in [5, 5.41) is 21.6. The zero-order valence-electron chi connectivity index (χ0n) is 16.8.